The van der Waals surface area contributed by atoms with Gasteiger partial charge in [-0.05, 0) is 56.2 Å². The monoisotopic (exact) mass is 445 g/mol. The van der Waals surface area contributed by atoms with Crippen LogP contribution in [0.4, 0.5) is 4.39 Å². The first kappa shape index (κ1) is 24.2. The number of likely N-dealkylation sites (tertiary alicyclic amines) is 2. The van der Waals surface area contributed by atoms with Gasteiger partial charge in [-0.3, -0.25) is 14.4 Å². The van der Waals surface area contributed by atoms with Gasteiger partial charge in [0.05, 0.1) is 12.3 Å². The number of carbonyl (C=O) groups excluding carboxylic acids is 3. The highest BCUT2D eigenvalue weighted by atomic mass is 19.1. The third-order valence-electron chi connectivity index (χ3n) is 6.90. The largest absolute Gasteiger partial charge is 0.353 e. The van der Waals surface area contributed by atoms with Crippen LogP contribution in [0, 0.1) is 17.7 Å². The molecule has 3 amide bonds. The zero-order chi connectivity index (χ0) is 23.1. The maximum absolute atomic E-state index is 13.1. The van der Waals surface area contributed by atoms with Crippen LogP contribution in [0.15, 0.2) is 24.3 Å². The lowest BCUT2D eigenvalue weighted by atomic mass is 9.94. The van der Waals surface area contributed by atoms with Crippen molar-refractivity contribution in [3.8, 4) is 0 Å². The summed E-state index contributed by atoms with van der Waals surface area (Å²) < 4.78 is 13.1. The zero-order valence-corrected chi connectivity index (χ0v) is 19.3. The van der Waals surface area contributed by atoms with Crippen LogP contribution < -0.4 is 5.32 Å². The van der Waals surface area contributed by atoms with Crippen LogP contribution in [0.2, 0.25) is 0 Å². The molecule has 7 heteroatoms. The Morgan fingerprint density at radius 3 is 2.28 bits per heavy atom. The summed E-state index contributed by atoms with van der Waals surface area (Å²) in [7, 11) is 0. The van der Waals surface area contributed by atoms with Crippen molar-refractivity contribution in [2.75, 3.05) is 26.2 Å². The van der Waals surface area contributed by atoms with E-state index in [1.54, 1.807) is 17.0 Å². The first-order valence-electron chi connectivity index (χ1n) is 12.0. The molecule has 2 heterocycles. The number of piperidine rings is 2. The van der Waals surface area contributed by atoms with Crippen LogP contribution in [-0.4, -0.2) is 59.7 Å². The fraction of sp³-hybridized carbons (Fsp3) is 0.640. The highest BCUT2D eigenvalue weighted by Gasteiger charge is 2.31. The number of halogens is 1. The predicted octanol–water partition coefficient (Wildman–Crippen LogP) is 3.15. The van der Waals surface area contributed by atoms with Crippen molar-refractivity contribution in [3.05, 3.63) is 35.6 Å². The lowest BCUT2D eigenvalue weighted by molar-refractivity contribution is -0.137. The second kappa shape index (κ2) is 11.4. The van der Waals surface area contributed by atoms with E-state index in [-0.39, 0.29) is 47.8 Å². The van der Waals surface area contributed by atoms with E-state index in [0.29, 0.717) is 26.2 Å². The van der Waals surface area contributed by atoms with Crippen molar-refractivity contribution < 1.29 is 18.8 Å². The van der Waals surface area contributed by atoms with E-state index in [0.717, 1.165) is 44.1 Å². The number of rotatable bonds is 7. The van der Waals surface area contributed by atoms with E-state index in [1.807, 2.05) is 4.90 Å². The third kappa shape index (κ3) is 6.30. The molecular formula is C25H36FN3O3. The molecule has 1 atom stereocenters. The quantitative estimate of drug-likeness (QED) is 0.701. The highest BCUT2D eigenvalue weighted by Crippen LogP contribution is 2.21. The summed E-state index contributed by atoms with van der Waals surface area (Å²) in [6.07, 6.45) is 5.08. The molecule has 0 radical (unpaired) electrons. The van der Waals surface area contributed by atoms with Gasteiger partial charge in [-0.2, -0.15) is 0 Å². The van der Waals surface area contributed by atoms with Gasteiger partial charge < -0.3 is 15.1 Å². The highest BCUT2D eigenvalue weighted by molar-refractivity contribution is 5.82. The predicted molar refractivity (Wildman–Crippen MR) is 121 cm³/mol. The van der Waals surface area contributed by atoms with E-state index in [9.17, 15) is 18.8 Å². The molecule has 2 aliphatic heterocycles. The molecule has 6 nitrogen and oxygen atoms in total. The Kier molecular flexibility index (Phi) is 8.65. The molecule has 1 aromatic carbocycles. The van der Waals surface area contributed by atoms with E-state index in [4.69, 9.17) is 0 Å². The molecular weight excluding hydrogens is 409 g/mol. The minimum Gasteiger partial charge on any atom is -0.353 e. The summed E-state index contributed by atoms with van der Waals surface area (Å²) in [5.41, 5.74) is 0.776. The maximum atomic E-state index is 13.1. The third-order valence-corrected chi connectivity index (χ3v) is 6.90. The Morgan fingerprint density at radius 2 is 1.66 bits per heavy atom. The maximum Gasteiger partial charge on any atom is 0.227 e. The summed E-state index contributed by atoms with van der Waals surface area (Å²) in [5, 5.41) is 3.16. The van der Waals surface area contributed by atoms with Crippen LogP contribution in [0.1, 0.15) is 57.9 Å². The van der Waals surface area contributed by atoms with Crippen molar-refractivity contribution in [2.45, 2.75) is 64.8 Å². The molecule has 1 aromatic rings. The smallest absolute Gasteiger partial charge is 0.227 e. The number of nitrogens with zero attached hydrogens (tertiary/aromatic N) is 2. The molecule has 3 rings (SSSR count). The molecule has 2 aliphatic rings. The first-order valence-corrected chi connectivity index (χ1v) is 12.0. The summed E-state index contributed by atoms with van der Waals surface area (Å²) in [4.78, 5) is 41.8. The fourth-order valence-electron chi connectivity index (χ4n) is 4.77. The van der Waals surface area contributed by atoms with E-state index < -0.39 is 0 Å². The van der Waals surface area contributed by atoms with Gasteiger partial charge in [0, 0.05) is 38.1 Å². The van der Waals surface area contributed by atoms with Gasteiger partial charge in [-0.15, -0.1) is 0 Å². The van der Waals surface area contributed by atoms with Crippen molar-refractivity contribution in [1.82, 2.24) is 15.1 Å². The van der Waals surface area contributed by atoms with Gasteiger partial charge in [0.1, 0.15) is 5.82 Å². The average Bonchev–Trinajstić information content (AvgIpc) is 2.81. The number of hydrogen-bond acceptors (Lipinski definition) is 3. The van der Waals surface area contributed by atoms with Crippen LogP contribution in [0.25, 0.3) is 0 Å². The molecule has 0 aliphatic carbocycles. The molecule has 1 unspecified atom stereocenters. The minimum absolute atomic E-state index is 0.00838. The standard InChI is InChI=1S/C25H36FN3O3/c1-3-19(4-2)25(32)28-14-11-22(12-15-28)27-24(31)20-6-5-13-29(17-20)23(30)16-18-7-9-21(26)10-8-18/h7-10,19-20,22H,3-6,11-17H2,1-2H3,(H,27,31). The molecule has 1 N–H and O–H groups in total. The molecule has 2 saturated heterocycles. The number of benzene rings is 1. The lowest BCUT2D eigenvalue weighted by Crippen LogP contribution is -2.51. The molecule has 2 fully saturated rings. The van der Waals surface area contributed by atoms with Gasteiger partial charge in [0.25, 0.3) is 0 Å². The average molecular weight is 446 g/mol. The van der Waals surface area contributed by atoms with E-state index in [2.05, 4.69) is 19.2 Å². The molecule has 0 saturated carbocycles. The lowest BCUT2D eigenvalue weighted by Gasteiger charge is -2.36. The summed E-state index contributed by atoms with van der Waals surface area (Å²) in [6, 6.07) is 6.05. The Morgan fingerprint density at radius 1 is 1.00 bits per heavy atom. The Balaban J connectivity index is 1.45. The van der Waals surface area contributed by atoms with Crippen molar-refractivity contribution in [1.29, 1.82) is 0 Å². The van der Waals surface area contributed by atoms with Gasteiger partial charge in [0.15, 0.2) is 0 Å². The summed E-state index contributed by atoms with van der Waals surface area (Å²) in [5.74, 6) is -0.202. The Hall–Kier alpha value is -2.44. The van der Waals surface area contributed by atoms with E-state index in [1.165, 1.54) is 12.1 Å². The second-order valence-electron chi connectivity index (χ2n) is 9.10. The van der Waals surface area contributed by atoms with Crippen LogP contribution >= 0.6 is 0 Å². The van der Waals surface area contributed by atoms with Crippen molar-refractivity contribution in [2.24, 2.45) is 11.8 Å². The van der Waals surface area contributed by atoms with Crippen molar-refractivity contribution >= 4 is 17.7 Å². The fourth-order valence-corrected chi connectivity index (χ4v) is 4.77. The topological polar surface area (TPSA) is 69.7 Å². The van der Waals surface area contributed by atoms with E-state index >= 15 is 0 Å². The Labute approximate surface area is 190 Å². The van der Waals surface area contributed by atoms with Crippen LogP contribution in [0.5, 0.6) is 0 Å². The number of hydrogen-bond donors (Lipinski definition) is 1. The van der Waals surface area contributed by atoms with Gasteiger partial charge in [0.2, 0.25) is 17.7 Å². The first-order chi connectivity index (χ1) is 15.4. The van der Waals surface area contributed by atoms with Crippen LogP contribution in [0.3, 0.4) is 0 Å². The summed E-state index contributed by atoms with van der Waals surface area (Å²) >= 11 is 0. The van der Waals surface area contributed by atoms with Gasteiger partial charge in [-0.1, -0.05) is 26.0 Å². The SMILES string of the molecule is CCC(CC)C(=O)N1CCC(NC(=O)C2CCCN(C(=O)Cc3ccc(F)cc3)C2)CC1. The van der Waals surface area contributed by atoms with Crippen LogP contribution in [-0.2, 0) is 20.8 Å². The van der Waals surface area contributed by atoms with Crippen molar-refractivity contribution in [3.63, 3.8) is 0 Å². The second-order valence-corrected chi connectivity index (χ2v) is 9.10. The molecule has 0 bridgehead atoms. The minimum atomic E-state index is -0.318. The zero-order valence-electron chi connectivity index (χ0n) is 19.3. The molecule has 32 heavy (non-hydrogen) atoms. The number of nitrogens with one attached hydrogen (secondary N) is 1. The normalized spacial score (nSPS) is 19.8. The number of carbonyl (C=O) groups is 3. The van der Waals surface area contributed by atoms with Gasteiger partial charge in [-0.25, -0.2) is 4.39 Å². The Bertz CT molecular complexity index is 786. The van der Waals surface area contributed by atoms with Gasteiger partial charge >= 0.3 is 0 Å². The number of amides is 3. The molecule has 176 valence electrons. The molecule has 0 aromatic heterocycles. The molecule has 0 spiro atoms. The summed E-state index contributed by atoms with van der Waals surface area (Å²) in [6.45, 7) is 6.56.